The van der Waals surface area contributed by atoms with Crippen molar-refractivity contribution in [2.45, 2.75) is 25.8 Å². The summed E-state index contributed by atoms with van der Waals surface area (Å²) >= 11 is 0. The van der Waals surface area contributed by atoms with Crippen molar-refractivity contribution in [3.63, 3.8) is 0 Å². The van der Waals surface area contributed by atoms with Crippen LogP contribution < -0.4 is 5.32 Å². The lowest BCUT2D eigenvalue weighted by molar-refractivity contribution is -0.149. The van der Waals surface area contributed by atoms with Gasteiger partial charge in [-0.2, -0.15) is 0 Å². The minimum Gasteiger partial charge on any atom is -0.480 e. The number of carbonyl (C=O) groups excluding carboxylic acids is 1. The van der Waals surface area contributed by atoms with E-state index in [1.807, 2.05) is 25.2 Å². The summed E-state index contributed by atoms with van der Waals surface area (Å²) in [6, 6.07) is 10.2. The van der Waals surface area contributed by atoms with Crippen LogP contribution in [0.15, 0.2) is 30.3 Å². The Morgan fingerprint density at radius 1 is 1.29 bits per heavy atom. The average Bonchev–Trinajstić information content (AvgIpc) is 3.26. The third-order valence-corrected chi connectivity index (χ3v) is 3.89. The maximum absolute atomic E-state index is 11.8. The second-order valence-corrected chi connectivity index (χ2v) is 5.72. The van der Waals surface area contributed by atoms with Crippen molar-refractivity contribution >= 4 is 11.9 Å². The minimum absolute atomic E-state index is 0.333. The molecule has 0 spiro atoms. The molecule has 1 amide bonds. The number of carboxylic acids is 1. The lowest BCUT2D eigenvalue weighted by Gasteiger charge is -2.17. The molecule has 2 rings (SSSR count). The van der Waals surface area contributed by atoms with E-state index in [9.17, 15) is 9.59 Å². The zero-order valence-electron chi connectivity index (χ0n) is 12.3. The van der Waals surface area contributed by atoms with E-state index >= 15 is 0 Å². The first-order chi connectivity index (χ1) is 10.0. The molecule has 1 aliphatic rings. The van der Waals surface area contributed by atoms with E-state index in [1.165, 1.54) is 5.56 Å². The van der Waals surface area contributed by atoms with E-state index in [1.54, 1.807) is 0 Å². The normalized spacial score (nSPS) is 15.7. The number of amides is 1. The molecule has 0 aliphatic heterocycles. The molecule has 1 fully saturated rings. The molecule has 114 valence electrons. The smallest absolute Gasteiger partial charge is 0.319 e. The third-order valence-electron chi connectivity index (χ3n) is 3.89. The van der Waals surface area contributed by atoms with Crippen molar-refractivity contribution in [2.24, 2.45) is 5.41 Å². The maximum atomic E-state index is 11.8. The standard InChI is InChI=1S/C16H22N2O3/c1-18(12-13-6-3-2-4-7-13)11-5-10-17-14(19)16(8-9-16)15(20)21/h2-4,6-7H,5,8-12H2,1H3,(H,17,19)(H,20,21). The van der Waals surface area contributed by atoms with Gasteiger partial charge in [0.15, 0.2) is 0 Å². The van der Waals surface area contributed by atoms with Gasteiger partial charge in [-0.25, -0.2) is 0 Å². The topological polar surface area (TPSA) is 69.6 Å². The molecule has 2 N–H and O–H groups in total. The van der Waals surface area contributed by atoms with Crippen LogP contribution in [0.2, 0.25) is 0 Å². The van der Waals surface area contributed by atoms with Crippen molar-refractivity contribution in [1.29, 1.82) is 0 Å². The van der Waals surface area contributed by atoms with E-state index in [2.05, 4.69) is 22.3 Å². The minimum atomic E-state index is -1.13. The second-order valence-electron chi connectivity index (χ2n) is 5.72. The number of hydrogen-bond acceptors (Lipinski definition) is 3. The number of hydrogen-bond donors (Lipinski definition) is 2. The van der Waals surface area contributed by atoms with Gasteiger partial charge in [0.25, 0.3) is 0 Å². The number of nitrogens with zero attached hydrogens (tertiary/aromatic N) is 1. The molecular formula is C16H22N2O3. The first-order valence-electron chi connectivity index (χ1n) is 7.29. The van der Waals surface area contributed by atoms with Crippen LogP contribution in [0.3, 0.4) is 0 Å². The van der Waals surface area contributed by atoms with Gasteiger partial charge in [0, 0.05) is 13.1 Å². The molecule has 0 atom stereocenters. The maximum Gasteiger partial charge on any atom is 0.319 e. The Morgan fingerprint density at radius 2 is 1.95 bits per heavy atom. The Kier molecular flexibility index (Phi) is 4.96. The molecule has 1 aromatic rings. The van der Waals surface area contributed by atoms with Crippen LogP contribution in [0, 0.1) is 5.41 Å². The quantitative estimate of drug-likeness (QED) is 0.562. The third kappa shape index (κ3) is 4.04. The summed E-state index contributed by atoms with van der Waals surface area (Å²) < 4.78 is 0. The van der Waals surface area contributed by atoms with Crippen LogP contribution in [0.4, 0.5) is 0 Å². The zero-order valence-corrected chi connectivity index (χ0v) is 12.3. The van der Waals surface area contributed by atoms with Gasteiger partial charge >= 0.3 is 5.97 Å². The highest BCUT2D eigenvalue weighted by Crippen LogP contribution is 2.45. The van der Waals surface area contributed by atoms with Crippen LogP contribution >= 0.6 is 0 Å². The molecule has 0 unspecified atom stereocenters. The fourth-order valence-corrected chi connectivity index (χ4v) is 2.36. The summed E-state index contributed by atoms with van der Waals surface area (Å²) in [4.78, 5) is 25.0. The van der Waals surface area contributed by atoms with Crippen LogP contribution in [0.5, 0.6) is 0 Å². The first-order valence-corrected chi connectivity index (χ1v) is 7.29. The highest BCUT2D eigenvalue weighted by Gasteiger charge is 2.56. The number of benzene rings is 1. The Balaban J connectivity index is 1.64. The SMILES string of the molecule is CN(CCCNC(=O)C1(C(=O)O)CC1)Cc1ccccc1. The summed E-state index contributed by atoms with van der Waals surface area (Å²) in [6.07, 6.45) is 1.73. The molecule has 1 aliphatic carbocycles. The highest BCUT2D eigenvalue weighted by molar-refractivity contribution is 6.04. The van der Waals surface area contributed by atoms with Gasteiger partial charge in [0.2, 0.25) is 5.91 Å². The van der Waals surface area contributed by atoms with E-state index in [4.69, 9.17) is 5.11 Å². The van der Waals surface area contributed by atoms with Crippen molar-refractivity contribution in [3.05, 3.63) is 35.9 Å². The van der Waals surface area contributed by atoms with Crippen molar-refractivity contribution in [1.82, 2.24) is 10.2 Å². The Bertz CT molecular complexity index is 498. The van der Waals surface area contributed by atoms with Gasteiger partial charge in [0.05, 0.1) is 0 Å². The molecule has 0 bridgehead atoms. The van der Waals surface area contributed by atoms with Crippen molar-refractivity contribution in [2.75, 3.05) is 20.1 Å². The lowest BCUT2D eigenvalue weighted by Crippen LogP contribution is -2.38. The molecule has 0 heterocycles. The largest absolute Gasteiger partial charge is 0.480 e. The molecule has 1 aromatic carbocycles. The van der Waals surface area contributed by atoms with Gasteiger partial charge in [-0.15, -0.1) is 0 Å². The number of carbonyl (C=O) groups is 2. The highest BCUT2D eigenvalue weighted by atomic mass is 16.4. The van der Waals surface area contributed by atoms with E-state index in [-0.39, 0.29) is 5.91 Å². The molecule has 5 nitrogen and oxygen atoms in total. The number of nitrogens with one attached hydrogen (secondary N) is 1. The summed E-state index contributed by atoms with van der Waals surface area (Å²) in [7, 11) is 2.04. The van der Waals surface area contributed by atoms with Crippen molar-refractivity contribution < 1.29 is 14.7 Å². The summed E-state index contributed by atoms with van der Waals surface area (Å²) in [6.45, 7) is 2.25. The average molecular weight is 290 g/mol. The lowest BCUT2D eigenvalue weighted by atomic mass is 10.1. The fourth-order valence-electron chi connectivity index (χ4n) is 2.36. The molecule has 1 saturated carbocycles. The Hall–Kier alpha value is -1.88. The molecule has 0 radical (unpaired) electrons. The zero-order chi connectivity index (χ0) is 15.3. The van der Waals surface area contributed by atoms with Crippen LogP contribution in [-0.4, -0.2) is 42.0 Å². The van der Waals surface area contributed by atoms with Crippen molar-refractivity contribution in [3.8, 4) is 0 Å². The van der Waals surface area contributed by atoms with Crippen LogP contribution in [0.1, 0.15) is 24.8 Å². The number of rotatable bonds is 8. The molecule has 0 aromatic heterocycles. The van der Waals surface area contributed by atoms with Gasteiger partial charge in [-0.05, 0) is 38.4 Å². The van der Waals surface area contributed by atoms with Crippen LogP contribution in [0.25, 0.3) is 0 Å². The number of carboxylic acid groups (broad SMARTS) is 1. The summed E-state index contributed by atoms with van der Waals surface area (Å²) in [5.41, 5.74) is 0.127. The monoisotopic (exact) mass is 290 g/mol. The molecular weight excluding hydrogens is 268 g/mol. The van der Waals surface area contributed by atoms with Gasteiger partial charge in [0.1, 0.15) is 5.41 Å². The predicted octanol–water partition coefficient (Wildman–Crippen LogP) is 1.49. The summed E-state index contributed by atoms with van der Waals surface area (Å²) in [5, 5.41) is 11.8. The van der Waals surface area contributed by atoms with Gasteiger partial charge in [-0.3, -0.25) is 9.59 Å². The molecule has 21 heavy (non-hydrogen) atoms. The predicted molar refractivity (Wildman–Crippen MR) is 79.7 cm³/mol. The summed E-state index contributed by atoms with van der Waals surface area (Å²) in [5.74, 6) is -1.33. The van der Waals surface area contributed by atoms with Crippen LogP contribution in [-0.2, 0) is 16.1 Å². The van der Waals surface area contributed by atoms with Gasteiger partial charge in [-0.1, -0.05) is 30.3 Å². The van der Waals surface area contributed by atoms with Gasteiger partial charge < -0.3 is 15.3 Å². The Labute approximate surface area is 125 Å². The molecule has 0 saturated heterocycles. The van der Waals surface area contributed by atoms with E-state index < -0.39 is 11.4 Å². The number of aliphatic carboxylic acids is 1. The molecule has 5 heteroatoms. The Morgan fingerprint density at radius 3 is 2.52 bits per heavy atom. The first kappa shape index (κ1) is 15.5. The second kappa shape index (κ2) is 6.72. The van der Waals surface area contributed by atoms with E-state index in [0.29, 0.717) is 19.4 Å². The van der Waals surface area contributed by atoms with E-state index in [0.717, 1.165) is 19.5 Å². The fraction of sp³-hybridized carbons (Fsp3) is 0.500.